The minimum absolute atomic E-state index is 0.120. The van der Waals surface area contributed by atoms with Gasteiger partial charge in [0.2, 0.25) is 0 Å². The Morgan fingerprint density at radius 1 is 0.860 bits per heavy atom. The van der Waals surface area contributed by atoms with Crippen molar-refractivity contribution < 1.29 is 24.7 Å². The Morgan fingerprint density at radius 3 is 1.98 bits per heavy atom. The van der Waals surface area contributed by atoms with Gasteiger partial charge in [0.25, 0.3) is 5.69 Å². The molecular formula is C40H52N4O6. The summed E-state index contributed by atoms with van der Waals surface area (Å²) in [5.74, 6) is -3.41. The molecule has 5 rings (SSSR count). The van der Waals surface area contributed by atoms with Gasteiger partial charge in [-0.1, -0.05) is 105 Å². The molecule has 0 saturated carbocycles. The first kappa shape index (κ1) is 37.1. The lowest BCUT2D eigenvalue weighted by Crippen LogP contribution is -2.72. The van der Waals surface area contributed by atoms with Crippen LogP contribution >= 0.6 is 0 Å². The molecule has 0 bridgehead atoms. The number of aliphatic carboxylic acids is 2. The highest BCUT2D eigenvalue weighted by Gasteiger charge is 2.66. The summed E-state index contributed by atoms with van der Waals surface area (Å²) in [4.78, 5) is 41.0. The van der Waals surface area contributed by atoms with Gasteiger partial charge >= 0.3 is 11.9 Å². The van der Waals surface area contributed by atoms with Gasteiger partial charge in [-0.05, 0) is 75.4 Å². The molecule has 3 aromatic carbocycles. The third-order valence-corrected chi connectivity index (χ3v) is 11.9. The zero-order chi connectivity index (χ0) is 35.9. The van der Waals surface area contributed by atoms with E-state index in [0.717, 1.165) is 45.2 Å². The number of nitrogens with one attached hydrogen (secondary N) is 1. The monoisotopic (exact) mass is 684 g/mol. The second-order valence-electron chi connectivity index (χ2n) is 14.4. The minimum atomic E-state index is -1.70. The number of carbonyl (C=O) groups is 2. The molecule has 2 saturated heterocycles. The lowest BCUT2D eigenvalue weighted by molar-refractivity contribution is -0.385. The SMILES string of the molecule is CCCCCCC1(C(=O)O)C(N)NC(C)C(CCCN2CCC(c3ccccc3)(c3ccccc3)CC2)(C(=O)O)[C@H]1c1cccc([N+](=O)[O-])c1. The number of hydrogen-bond donors (Lipinski definition) is 4. The second-order valence-corrected chi connectivity index (χ2v) is 14.4. The summed E-state index contributed by atoms with van der Waals surface area (Å²) in [5.41, 5.74) is 5.99. The molecule has 10 heteroatoms. The van der Waals surface area contributed by atoms with Crippen LogP contribution in [0.5, 0.6) is 0 Å². The average molecular weight is 685 g/mol. The van der Waals surface area contributed by atoms with Crippen molar-refractivity contribution in [1.82, 2.24) is 10.2 Å². The van der Waals surface area contributed by atoms with Crippen molar-refractivity contribution in [2.45, 2.75) is 95.2 Å². The fraction of sp³-hybridized carbons (Fsp3) is 0.500. The largest absolute Gasteiger partial charge is 0.481 e. The fourth-order valence-electron chi connectivity index (χ4n) is 9.16. The van der Waals surface area contributed by atoms with Crippen molar-refractivity contribution >= 4 is 17.6 Å². The topological polar surface area (TPSA) is 159 Å². The number of nitro groups is 1. The lowest BCUT2D eigenvalue weighted by atomic mass is 9.50. The van der Waals surface area contributed by atoms with Crippen LogP contribution in [-0.4, -0.2) is 63.8 Å². The molecule has 0 aromatic heterocycles. The molecule has 0 spiro atoms. The Kier molecular flexibility index (Phi) is 11.8. The highest BCUT2D eigenvalue weighted by Crippen LogP contribution is 2.59. The third-order valence-electron chi connectivity index (χ3n) is 11.9. The number of rotatable bonds is 15. The normalized spacial score (nSPS) is 26.7. The molecule has 0 amide bonds. The van der Waals surface area contributed by atoms with Crippen LogP contribution in [0.2, 0.25) is 0 Å². The van der Waals surface area contributed by atoms with Gasteiger partial charge in [-0.25, -0.2) is 0 Å². The minimum Gasteiger partial charge on any atom is -0.481 e. The first-order chi connectivity index (χ1) is 24.0. The standard InChI is InChI=1S/C40H52N4O6/c1-3-4-5-12-21-40(37(47)48)34(30-15-13-20-33(28-30)44(49)50)39(36(45)46,29(2)42-35(40)41)22-14-25-43-26-23-38(24-27-43,31-16-8-6-9-17-31)32-18-10-7-11-19-32/h6-11,13,15-20,28-29,34-35,42H,3-5,12,14,21-27,41H2,1-2H3,(H,45,46)(H,47,48)/t29?,34-,35?,39?,40?/m1/s1. The molecule has 2 aliphatic heterocycles. The quantitative estimate of drug-likeness (QED) is 0.0757. The third kappa shape index (κ3) is 6.93. The summed E-state index contributed by atoms with van der Waals surface area (Å²) in [6, 6.07) is 26.4. The van der Waals surface area contributed by atoms with Gasteiger partial charge in [0.15, 0.2) is 0 Å². The Balaban J connectivity index is 1.46. The van der Waals surface area contributed by atoms with E-state index >= 15 is 0 Å². The van der Waals surface area contributed by atoms with Crippen LogP contribution in [0.1, 0.15) is 94.2 Å². The van der Waals surface area contributed by atoms with Gasteiger partial charge in [0.05, 0.1) is 16.5 Å². The van der Waals surface area contributed by atoms with Gasteiger partial charge < -0.3 is 20.8 Å². The number of carboxylic acid groups (broad SMARTS) is 2. The maximum absolute atomic E-state index is 13.7. The summed E-state index contributed by atoms with van der Waals surface area (Å²) in [6.07, 6.45) is 4.78. The van der Waals surface area contributed by atoms with Crippen molar-refractivity contribution in [3.05, 3.63) is 112 Å². The number of hydrogen-bond acceptors (Lipinski definition) is 7. The van der Waals surface area contributed by atoms with E-state index in [9.17, 15) is 29.9 Å². The summed E-state index contributed by atoms with van der Waals surface area (Å²) < 4.78 is 0. The van der Waals surface area contributed by atoms with Gasteiger partial charge in [-0.15, -0.1) is 0 Å². The number of nitro benzene ring substituents is 1. The molecule has 0 aliphatic carbocycles. The van der Waals surface area contributed by atoms with Crippen LogP contribution in [0, 0.1) is 20.9 Å². The Hall–Kier alpha value is -4.12. The van der Waals surface area contributed by atoms with E-state index in [2.05, 4.69) is 65.7 Å². The van der Waals surface area contributed by atoms with Crippen LogP contribution < -0.4 is 11.1 Å². The number of likely N-dealkylation sites (tertiary alicyclic amines) is 1. The maximum atomic E-state index is 13.7. The van der Waals surface area contributed by atoms with Crippen LogP contribution in [0.15, 0.2) is 84.9 Å². The van der Waals surface area contributed by atoms with Crippen LogP contribution in [0.25, 0.3) is 0 Å². The van der Waals surface area contributed by atoms with Crippen LogP contribution in [0.3, 0.4) is 0 Å². The molecule has 0 radical (unpaired) electrons. The summed E-state index contributed by atoms with van der Waals surface area (Å²) >= 11 is 0. The van der Waals surface area contributed by atoms with E-state index < -0.39 is 45.8 Å². The number of nitrogens with two attached hydrogens (primary N) is 1. The Bertz CT molecular complexity index is 1570. The van der Waals surface area contributed by atoms with Gasteiger partial charge in [0, 0.05) is 29.5 Å². The molecule has 5 N–H and O–H groups in total. The number of unbranched alkanes of at least 4 members (excludes halogenated alkanes) is 3. The summed E-state index contributed by atoms with van der Waals surface area (Å²) in [6.45, 7) is 6.12. The lowest BCUT2D eigenvalue weighted by Gasteiger charge is -2.57. The van der Waals surface area contributed by atoms with Gasteiger partial charge in [-0.3, -0.25) is 25.0 Å². The number of benzene rings is 3. The molecule has 5 atom stereocenters. The first-order valence-electron chi connectivity index (χ1n) is 18.1. The highest BCUT2D eigenvalue weighted by atomic mass is 16.6. The molecule has 10 nitrogen and oxygen atoms in total. The molecule has 2 aliphatic rings. The molecule has 2 heterocycles. The molecule has 4 unspecified atom stereocenters. The number of nitrogens with zero attached hydrogens (tertiary/aromatic N) is 2. The fourth-order valence-corrected chi connectivity index (χ4v) is 9.16. The van der Waals surface area contributed by atoms with Crippen molar-refractivity contribution in [1.29, 1.82) is 0 Å². The van der Waals surface area contributed by atoms with Crippen molar-refractivity contribution in [2.24, 2.45) is 16.6 Å². The van der Waals surface area contributed by atoms with Gasteiger partial charge in [-0.2, -0.15) is 0 Å². The summed E-state index contributed by atoms with van der Waals surface area (Å²) in [5, 5.41) is 37.4. The first-order valence-corrected chi connectivity index (χ1v) is 18.1. The van der Waals surface area contributed by atoms with Crippen LogP contribution in [-0.2, 0) is 15.0 Å². The average Bonchev–Trinajstić information content (AvgIpc) is 3.12. The molecule has 50 heavy (non-hydrogen) atoms. The number of piperidine rings is 2. The van der Waals surface area contributed by atoms with E-state index in [4.69, 9.17) is 5.73 Å². The molecule has 2 fully saturated rings. The Morgan fingerprint density at radius 2 is 1.44 bits per heavy atom. The predicted molar refractivity (Wildman–Crippen MR) is 194 cm³/mol. The smallest absolute Gasteiger partial charge is 0.313 e. The van der Waals surface area contributed by atoms with E-state index in [-0.39, 0.29) is 23.9 Å². The van der Waals surface area contributed by atoms with E-state index in [1.807, 2.05) is 12.1 Å². The number of non-ortho nitro benzene ring substituents is 1. The van der Waals surface area contributed by atoms with Crippen LogP contribution in [0.4, 0.5) is 5.69 Å². The summed E-state index contributed by atoms with van der Waals surface area (Å²) in [7, 11) is 0. The highest BCUT2D eigenvalue weighted by molar-refractivity contribution is 5.84. The Labute approximate surface area is 295 Å². The van der Waals surface area contributed by atoms with E-state index in [1.54, 1.807) is 13.0 Å². The zero-order valence-electron chi connectivity index (χ0n) is 29.3. The number of carboxylic acids is 2. The predicted octanol–water partition coefficient (Wildman–Crippen LogP) is 6.93. The second kappa shape index (κ2) is 15.8. The van der Waals surface area contributed by atoms with Crippen molar-refractivity contribution in [2.75, 3.05) is 19.6 Å². The zero-order valence-corrected chi connectivity index (χ0v) is 29.3. The van der Waals surface area contributed by atoms with Crippen molar-refractivity contribution in [3.8, 4) is 0 Å². The maximum Gasteiger partial charge on any atom is 0.313 e. The van der Waals surface area contributed by atoms with E-state index in [0.29, 0.717) is 24.9 Å². The molecule has 3 aromatic rings. The molecular weight excluding hydrogens is 632 g/mol. The van der Waals surface area contributed by atoms with E-state index in [1.165, 1.54) is 29.3 Å². The molecule has 268 valence electrons. The van der Waals surface area contributed by atoms with Crippen molar-refractivity contribution in [3.63, 3.8) is 0 Å². The van der Waals surface area contributed by atoms with Gasteiger partial charge in [0.1, 0.15) is 5.41 Å².